The third-order valence-electron chi connectivity index (χ3n) is 4.53. The second-order valence-corrected chi connectivity index (χ2v) is 7.63. The Balaban J connectivity index is 1.85. The molecule has 0 atom stereocenters. The molecule has 1 aromatic heterocycles. The molecule has 0 amide bonds. The molecule has 2 fully saturated rings. The van der Waals surface area contributed by atoms with Crippen LogP contribution in [-0.2, 0) is 9.31 Å². The molecule has 0 N–H and O–H groups in total. The van der Waals surface area contributed by atoms with Crippen molar-refractivity contribution >= 4 is 12.7 Å². The Bertz CT molecular complexity index is 568. The van der Waals surface area contributed by atoms with Crippen LogP contribution in [0, 0.1) is 0 Å². The van der Waals surface area contributed by atoms with Gasteiger partial charge in [-0.3, -0.25) is 4.98 Å². The molecular formula is C17H26BNO4. The van der Waals surface area contributed by atoms with Gasteiger partial charge in [-0.1, -0.05) is 0 Å². The summed E-state index contributed by atoms with van der Waals surface area (Å²) in [7, 11) is -0.496. The van der Waals surface area contributed by atoms with E-state index < -0.39 is 7.12 Å². The zero-order valence-electron chi connectivity index (χ0n) is 14.9. The molecule has 2 heterocycles. The standard InChI is InChI=1S/C17H26BNO4/c1-11(2)20-13-9-15(19-10-14(13)21-12-7-8-12)18-22-16(3,4)17(5,6)23-18/h9-12H,7-8H2,1-6H3. The minimum Gasteiger partial charge on any atom is -0.487 e. The molecule has 1 aromatic rings. The summed E-state index contributed by atoms with van der Waals surface area (Å²) in [5.74, 6) is 1.40. The fourth-order valence-corrected chi connectivity index (χ4v) is 2.33. The van der Waals surface area contributed by atoms with Gasteiger partial charge in [-0.15, -0.1) is 0 Å². The Hall–Kier alpha value is -1.27. The average Bonchev–Trinajstić information content (AvgIpc) is 3.18. The Morgan fingerprint density at radius 3 is 2.26 bits per heavy atom. The van der Waals surface area contributed by atoms with Gasteiger partial charge in [0, 0.05) is 6.07 Å². The molecule has 6 heteroatoms. The summed E-state index contributed by atoms with van der Waals surface area (Å²) in [6.45, 7) is 12.1. The lowest BCUT2D eigenvalue weighted by Gasteiger charge is -2.32. The van der Waals surface area contributed by atoms with Gasteiger partial charge >= 0.3 is 7.12 Å². The number of nitrogens with zero attached hydrogens (tertiary/aromatic N) is 1. The van der Waals surface area contributed by atoms with Crippen molar-refractivity contribution in [3.05, 3.63) is 12.3 Å². The molecule has 0 radical (unpaired) electrons. The van der Waals surface area contributed by atoms with Gasteiger partial charge in [0.25, 0.3) is 0 Å². The Morgan fingerprint density at radius 1 is 1.13 bits per heavy atom. The summed E-state index contributed by atoms with van der Waals surface area (Å²) >= 11 is 0. The Labute approximate surface area is 138 Å². The first-order chi connectivity index (χ1) is 10.7. The Morgan fingerprint density at radius 2 is 1.74 bits per heavy atom. The first kappa shape index (κ1) is 16.6. The molecule has 0 spiro atoms. The molecule has 1 aliphatic carbocycles. The van der Waals surface area contributed by atoms with Gasteiger partial charge in [0.15, 0.2) is 11.5 Å². The number of rotatable bonds is 5. The summed E-state index contributed by atoms with van der Waals surface area (Å²) < 4.78 is 23.9. The van der Waals surface area contributed by atoms with Crippen LogP contribution in [0.3, 0.4) is 0 Å². The van der Waals surface area contributed by atoms with Crippen molar-refractivity contribution < 1.29 is 18.8 Å². The van der Waals surface area contributed by atoms with Gasteiger partial charge in [-0.2, -0.15) is 0 Å². The number of ether oxygens (including phenoxy) is 2. The van der Waals surface area contributed by atoms with Crippen molar-refractivity contribution in [2.24, 2.45) is 0 Å². The van der Waals surface area contributed by atoms with Crippen molar-refractivity contribution in [2.75, 3.05) is 0 Å². The van der Waals surface area contributed by atoms with Gasteiger partial charge in [-0.05, 0) is 54.4 Å². The van der Waals surface area contributed by atoms with Crippen LogP contribution in [0.2, 0.25) is 0 Å². The van der Waals surface area contributed by atoms with Crippen LogP contribution in [0.4, 0.5) is 0 Å². The molecule has 126 valence electrons. The van der Waals surface area contributed by atoms with Crippen LogP contribution in [0.15, 0.2) is 12.3 Å². The molecule has 1 saturated carbocycles. The summed E-state index contributed by atoms with van der Waals surface area (Å²) in [4.78, 5) is 4.49. The van der Waals surface area contributed by atoms with Gasteiger partial charge in [0.05, 0.1) is 35.2 Å². The fourth-order valence-electron chi connectivity index (χ4n) is 2.33. The lowest BCUT2D eigenvalue weighted by atomic mass is 9.84. The Kier molecular flexibility index (Phi) is 4.09. The molecule has 3 rings (SSSR count). The minimum absolute atomic E-state index is 0.0603. The van der Waals surface area contributed by atoms with E-state index >= 15 is 0 Å². The highest BCUT2D eigenvalue weighted by molar-refractivity contribution is 6.61. The van der Waals surface area contributed by atoms with Crippen LogP contribution < -0.4 is 15.1 Å². The molecular weight excluding hydrogens is 293 g/mol. The van der Waals surface area contributed by atoms with Crippen LogP contribution in [0.5, 0.6) is 11.5 Å². The molecule has 5 nitrogen and oxygen atoms in total. The van der Waals surface area contributed by atoms with Crippen LogP contribution >= 0.6 is 0 Å². The second-order valence-electron chi connectivity index (χ2n) is 7.63. The van der Waals surface area contributed by atoms with Crippen molar-refractivity contribution in [2.45, 2.75) is 77.8 Å². The van der Waals surface area contributed by atoms with Crippen molar-refractivity contribution in [3.63, 3.8) is 0 Å². The predicted molar refractivity (Wildman–Crippen MR) is 89.4 cm³/mol. The second kappa shape index (κ2) is 5.67. The smallest absolute Gasteiger partial charge is 0.487 e. The van der Waals surface area contributed by atoms with Crippen LogP contribution in [0.25, 0.3) is 0 Å². The van der Waals surface area contributed by atoms with E-state index in [4.69, 9.17) is 18.8 Å². The zero-order valence-corrected chi connectivity index (χ0v) is 14.9. The quantitative estimate of drug-likeness (QED) is 0.781. The normalized spacial score (nSPS) is 22.5. The molecule has 0 aromatic carbocycles. The van der Waals surface area contributed by atoms with E-state index in [1.807, 2.05) is 47.6 Å². The van der Waals surface area contributed by atoms with E-state index in [2.05, 4.69) is 4.98 Å². The molecule has 0 unspecified atom stereocenters. The topological polar surface area (TPSA) is 49.8 Å². The first-order valence-corrected chi connectivity index (χ1v) is 8.37. The average molecular weight is 319 g/mol. The molecule has 1 saturated heterocycles. The van der Waals surface area contributed by atoms with E-state index in [1.165, 1.54) is 0 Å². The molecule has 1 aliphatic heterocycles. The molecule has 23 heavy (non-hydrogen) atoms. The number of pyridine rings is 1. The van der Waals surface area contributed by atoms with Crippen molar-refractivity contribution in [1.82, 2.24) is 4.98 Å². The predicted octanol–water partition coefficient (Wildman–Crippen LogP) is 2.71. The van der Waals surface area contributed by atoms with E-state index in [-0.39, 0.29) is 17.3 Å². The molecule has 2 aliphatic rings. The maximum Gasteiger partial charge on any atom is 0.514 e. The lowest BCUT2D eigenvalue weighted by molar-refractivity contribution is 0.00578. The maximum atomic E-state index is 6.06. The number of hydrogen-bond acceptors (Lipinski definition) is 5. The van der Waals surface area contributed by atoms with E-state index in [1.54, 1.807) is 6.20 Å². The maximum absolute atomic E-state index is 6.06. The number of aromatic nitrogens is 1. The van der Waals surface area contributed by atoms with E-state index in [9.17, 15) is 0 Å². The van der Waals surface area contributed by atoms with Crippen LogP contribution in [0.1, 0.15) is 54.4 Å². The zero-order chi connectivity index (χ0) is 16.8. The first-order valence-electron chi connectivity index (χ1n) is 8.37. The van der Waals surface area contributed by atoms with Crippen LogP contribution in [-0.4, -0.2) is 35.5 Å². The third-order valence-corrected chi connectivity index (χ3v) is 4.53. The summed E-state index contributed by atoms with van der Waals surface area (Å²) in [6.07, 6.45) is 4.27. The highest BCUT2D eigenvalue weighted by atomic mass is 16.7. The fraction of sp³-hybridized carbons (Fsp3) is 0.706. The highest BCUT2D eigenvalue weighted by Gasteiger charge is 2.52. The minimum atomic E-state index is -0.496. The SMILES string of the molecule is CC(C)Oc1cc(B2OC(C)(C)C(C)(C)O2)ncc1OC1CC1. The monoisotopic (exact) mass is 319 g/mol. The number of hydrogen-bond donors (Lipinski definition) is 0. The van der Waals surface area contributed by atoms with Gasteiger partial charge in [0.1, 0.15) is 0 Å². The van der Waals surface area contributed by atoms with Gasteiger partial charge in [-0.25, -0.2) is 0 Å². The van der Waals surface area contributed by atoms with Crippen molar-refractivity contribution in [1.29, 1.82) is 0 Å². The summed E-state index contributed by atoms with van der Waals surface area (Å²) in [5.41, 5.74) is -0.0640. The van der Waals surface area contributed by atoms with Gasteiger partial charge < -0.3 is 18.8 Å². The highest BCUT2D eigenvalue weighted by Crippen LogP contribution is 2.37. The van der Waals surface area contributed by atoms with Crippen molar-refractivity contribution in [3.8, 4) is 11.5 Å². The summed E-state index contributed by atoms with van der Waals surface area (Å²) in [5, 5.41) is 0. The van der Waals surface area contributed by atoms with Gasteiger partial charge in [0.2, 0.25) is 0 Å². The molecule has 0 bridgehead atoms. The lowest BCUT2D eigenvalue weighted by Crippen LogP contribution is -2.41. The van der Waals surface area contributed by atoms with E-state index in [0.717, 1.165) is 12.8 Å². The van der Waals surface area contributed by atoms with E-state index in [0.29, 0.717) is 23.2 Å². The summed E-state index contributed by atoms with van der Waals surface area (Å²) in [6, 6.07) is 1.87. The third kappa shape index (κ3) is 3.48. The largest absolute Gasteiger partial charge is 0.514 e.